The average molecular weight is 382 g/mol. The lowest BCUT2D eigenvalue weighted by Gasteiger charge is -2.26. The Hall–Kier alpha value is -3.02. The van der Waals surface area contributed by atoms with Gasteiger partial charge in [0.05, 0.1) is 7.11 Å². The predicted octanol–water partition coefficient (Wildman–Crippen LogP) is 3.65. The van der Waals surface area contributed by atoms with Gasteiger partial charge in [-0.25, -0.2) is 0 Å². The second kappa shape index (κ2) is 7.92. The largest absolute Gasteiger partial charge is 0.497 e. The Morgan fingerprint density at radius 2 is 1.75 bits per heavy atom. The van der Waals surface area contributed by atoms with Crippen LogP contribution in [0.15, 0.2) is 42.5 Å². The van der Waals surface area contributed by atoms with E-state index in [1.807, 2.05) is 39.0 Å². The zero-order valence-electron chi connectivity index (χ0n) is 16.7. The SMILES string of the molecule is COc1ccc(OCC(=O)Nc2ccc3c(c2)N(C(=O)C(C)(C)C)CC3)cc1. The highest BCUT2D eigenvalue weighted by Gasteiger charge is 2.32. The molecule has 6 nitrogen and oxygen atoms in total. The molecular weight excluding hydrogens is 356 g/mol. The predicted molar refractivity (Wildman–Crippen MR) is 109 cm³/mol. The molecule has 3 rings (SSSR count). The van der Waals surface area contributed by atoms with Gasteiger partial charge in [0.2, 0.25) is 5.91 Å². The molecule has 0 bridgehead atoms. The van der Waals surface area contributed by atoms with Crippen LogP contribution in [0.5, 0.6) is 11.5 Å². The number of carbonyl (C=O) groups is 2. The Kier molecular flexibility index (Phi) is 5.58. The molecule has 0 aromatic heterocycles. The molecule has 6 heteroatoms. The molecule has 0 aliphatic carbocycles. The molecular formula is C22H26N2O4. The first-order valence-corrected chi connectivity index (χ1v) is 9.29. The molecule has 2 amide bonds. The maximum Gasteiger partial charge on any atom is 0.262 e. The Labute approximate surface area is 165 Å². The van der Waals surface area contributed by atoms with Crippen molar-refractivity contribution in [3.05, 3.63) is 48.0 Å². The molecule has 0 saturated carbocycles. The number of carbonyl (C=O) groups excluding carboxylic acids is 2. The number of anilines is 2. The van der Waals surface area contributed by atoms with E-state index < -0.39 is 5.41 Å². The van der Waals surface area contributed by atoms with Crippen molar-refractivity contribution in [1.82, 2.24) is 0 Å². The molecule has 0 saturated heterocycles. The first-order valence-electron chi connectivity index (χ1n) is 9.29. The lowest BCUT2D eigenvalue weighted by atomic mass is 9.94. The number of hydrogen-bond acceptors (Lipinski definition) is 4. The van der Waals surface area contributed by atoms with Crippen LogP contribution in [0.25, 0.3) is 0 Å². The summed E-state index contributed by atoms with van der Waals surface area (Å²) in [6, 6.07) is 12.7. The van der Waals surface area contributed by atoms with Crippen LogP contribution >= 0.6 is 0 Å². The van der Waals surface area contributed by atoms with E-state index in [4.69, 9.17) is 9.47 Å². The second-order valence-corrected chi connectivity index (χ2v) is 7.81. The molecule has 1 aliphatic rings. The van der Waals surface area contributed by atoms with Crippen LogP contribution in [0, 0.1) is 5.41 Å². The van der Waals surface area contributed by atoms with E-state index >= 15 is 0 Å². The molecule has 2 aromatic carbocycles. The third kappa shape index (κ3) is 4.44. The van der Waals surface area contributed by atoms with E-state index in [1.54, 1.807) is 36.3 Å². The number of rotatable bonds is 5. The molecule has 0 atom stereocenters. The molecule has 0 spiro atoms. The van der Waals surface area contributed by atoms with Crippen molar-refractivity contribution in [2.75, 3.05) is 30.5 Å². The van der Waals surface area contributed by atoms with Crippen LogP contribution in [0.2, 0.25) is 0 Å². The molecule has 28 heavy (non-hydrogen) atoms. The summed E-state index contributed by atoms with van der Waals surface area (Å²) in [4.78, 5) is 26.7. The molecule has 0 unspecified atom stereocenters. The number of ether oxygens (including phenoxy) is 2. The van der Waals surface area contributed by atoms with Gasteiger partial charge in [-0.15, -0.1) is 0 Å². The van der Waals surface area contributed by atoms with E-state index in [0.29, 0.717) is 18.0 Å². The van der Waals surface area contributed by atoms with Crippen molar-refractivity contribution in [1.29, 1.82) is 0 Å². The summed E-state index contributed by atoms with van der Waals surface area (Å²) in [5.41, 5.74) is 2.18. The van der Waals surface area contributed by atoms with Crippen LogP contribution in [-0.4, -0.2) is 32.1 Å². The molecule has 0 fully saturated rings. The zero-order valence-corrected chi connectivity index (χ0v) is 16.7. The molecule has 1 heterocycles. The van der Waals surface area contributed by atoms with Gasteiger partial charge < -0.3 is 19.7 Å². The van der Waals surface area contributed by atoms with E-state index in [2.05, 4.69) is 5.32 Å². The first kappa shape index (κ1) is 19.7. The van der Waals surface area contributed by atoms with Crippen molar-refractivity contribution in [2.24, 2.45) is 5.41 Å². The van der Waals surface area contributed by atoms with Crippen molar-refractivity contribution in [3.63, 3.8) is 0 Å². The minimum Gasteiger partial charge on any atom is -0.497 e. The number of nitrogens with zero attached hydrogens (tertiary/aromatic N) is 1. The van der Waals surface area contributed by atoms with E-state index in [0.717, 1.165) is 23.4 Å². The highest BCUT2D eigenvalue weighted by Crippen LogP contribution is 2.34. The fraction of sp³-hybridized carbons (Fsp3) is 0.364. The smallest absolute Gasteiger partial charge is 0.262 e. The molecule has 0 radical (unpaired) electrons. The summed E-state index contributed by atoms with van der Waals surface area (Å²) in [7, 11) is 1.59. The van der Waals surface area contributed by atoms with Crippen LogP contribution in [0.3, 0.4) is 0 Å². The van der Waals surface area contributed by atoms with E-state index in [-0.39, 0.29) is 18.4 Å². The quantitative estimate of drug-likeness (QED) is 0.857. The van der Waals surface area contributed by atoms with Crippen molar-refractivity contribution in [3.8, 4) is 11.5 Å². The molecule has 1 N–H and O–H groups in total. The van der Waals surface area contributed by atoms with Gasteiger partial charge in [-0.3, -0.25) is 9.59 Å². The maximum atomic E-state index is 12.7. The van der Waals surface area contributed by atoms with Crippen LogP contribution in [0.1, 0.15) is 26.3 Å². The van der Waals surface area contributed by atoms with Gasteiger partial charge in [0, 0.05) is 23.3 Å². The Morgan fingerprint density at radius 3 is 2.39 bits per heavy atom. The van der Waals surface area contributed by atoms with E-state index in [1.165, 1.54) is 0 Å². The summed E-state index contributed by atoms with van der Waals surface area (Å²) in [5.74, 6) is 1.14. The summed E-state index contributed by atoms with van der Waals surface area (Å²) >= 11 is 0. The summed E-state index contributed by atoms with van der Waals surface area (Å²) < 4.78 is 10.6. The fourth-order valence-electron chi connectivity index (χ4n) is 3.09. The lowest BCUT2D eigenvalue weighted by Crippen LogP contribution is -2.38. The minimum absolute atomic E-state index is 0.0811. The zero-order chi connectivity index (χ0) is 20.3. The Balaban J connectivity index is 1.63. The van der Waals surface area contributed by atoms with Crippen molar-refractivity contribution >= 4 is 23.2 Å². The highest BCUT2D eigenvalue weighted by atomic mass is 16.5. The maximum absolute atomic E-state index is 12.7. The number of hydrogen-bond donors (Lipinski definition) is 1. The number of amides is 2. The van der Waals surface area contributed by atoms with Crippen LogP contribution < -0.4 is 19.7 Å². The monoisotopic (exact) mass is 382 g/mol. The number of fused-ring (bicyclic) bond motifs is 1. The Morgan fingerprint density at radius 1 is 1.07 bits per heavy atom. The van der Waals surface area contributed by atoms with E-state index in [9.17, 15) is 9.59 Å². The standard InChI is InChI=1S/C22H26N2O4/c1-22(2,3)21(26)24-12-11-15-5-6-16(13-19(15)24)23-20(25)14-28-18-9-7-17(27-4)8-10-18/h5-10,13H,11-12,14H2,1-4H3,(H,23,25). The third-order valence-electron chi connectivity index (χ3n) is 4.58. The summed E-state index contributed by atoms with van der Waals surface area (Å²) in [6.07, 6.45) is 0.825. The van der Waals surface area contributed by atoms with Crippen LogP contribution in [0.4, 0.5) is 11.4 Å². The van der Waals surface area contributed by atoms with Gasteiger partial charge in [-0.2, -0.15) is 0 Å². The summed E-state index contributed by atoms with van der Waals surface area (Å²) in [5, 5.41) is 2.84. The summed E-state index contributed by atoms with van der Waals surface area (Å²) in [6.45, 7) is 6.30. The van der Waals surface area contributed by atoms with Gasteiger partial charge in [-0.1, -0.05) is 26.8 Å². The average Bonchev–Trinajstić information content (AvgIpc) is 3.08. The van der Waals surface area contributed by atoms with Gasteiger partial charge in [0.1, 0.15) is 11.5 Å². The van der Waals surface area contributed by atoms with Gasteiger partial charge >= 0.3 is 0 Å². The lowest BCUT2D eigenvalue weighted by molar-refractivity contribution is -0.125. The number of benzene rings is 2. The van der Waals surface area contributed by atoms with Gasteiger partial charge in [0.25, 0.3) is 5.91 Å². The normalized spacial score (nSPS) is 13.1. The first-order chi connectivity index (χ1) is 13.3. The van der Waals surface area contributed by atoms with Crippen LogP contribution in [-0.2, 0) is 16.0 Å². The van der Waals surface area contributed by atoms with Crippen molar-refractivity contribution < 1.29 is 19.1 Å². The molecule has 148 valence electrons. The highest BCUT2D eigenvalue weighted by molar-refractivity contribution is 6.00. The Bertz CT molecular complexity index is 869. The second-order valence-electron chi connectivity index (χ2n) is 7.81. The third-order valence-corrected chi connectivity index (χ3v) is 4.58. The topological polar surface area (TPSA) is 67.9 Å². The molecule has 1 aliphatic heterocycles. The number of methoxy groups -OCH3 is 1. The van der Waals surface area contributed by atoms with Gasteiger partial charge in [-0.05, 0) is 48.4 Å². The molecule has 2 aromatic rings. The fourth-order valence-corrected chi connectivity index (χ4v) is 3.09. The minimum atomic E-state index is -0.451. The van der Waals surface area contributed by atoms with Crippen molar-refractivity contribution in [2.45, 2.75) is 27.2 Å². The van der Waals surface area contributed by atoms with Gasteiger partial charge in [0.15, 0.2) is 6.61 Å². The number of nitrogens with one attached hydrogen (secondary N) is 1.